The lowest BCUT2D eigenvalue weighted by atomic mass is 10.3. The third kappa shape index (κ3) is 5.78. The standard InChI is InChI=1S/C17H22N6O2/c1-3-24-12-8-9-14(25-4-2)13(11-12)21-16(18)23-17(19)22-15-7-5-6-10-20-15/h5-11H,3-4H2,1-2H3,(H5,18,19,20,21,22,23)/p+1. The van der Waals surface area contributed by atoms with Crippen molar-refractivity contribution < 1.29 is 14.8 Å². The van der Waals surface area contributed by atoms with Crippen LogP contribution in [0.1, 0.15) is 13.8 Å². The van der Waals surface area contributed by atoms with Crippen LogP contribution in [0.4, 0.5) is 11.5 Å². The smallest absolute Gasteiger partial charge is 0.306 e. The van der Waals surface area contributed by atoms with Crippen molar-refractivity contribution in [3.05, 3.63) is 42.6 Å². The van der Waals surface area contributed by atoms with Crippen LogP contribution in [-0.4, -0.2) is 30.1 Å². The predicted molar refractivity (Wildman–Crippen MR) is 97.5 cm³/mol. The zero-order valence-electron chi connectivity index (χ0n) is 14.3. The maximum Gasteiger partial charge on any atom is 0.306 e. The summed E-state index contributed by atoms with van der Waals surface area (Å²) in [7, 11) is 0. The summed E-state index contributed by atoms with van der Waals surface area (Å²) < 4.78 is 11.0. The Hall–Kier alpha value is -3.13. The van der Waals surface area contributed by atoms with E-state index in [1.165, 1.54) is 0 Å². The monoisotopic (exact) mass is 343 g/mol. The molecule has 0 bridgehead atoms. The Morgan fingerprint density at radius 1 is 1.12 bits per heavy atom. The highest BCUT2D eigenvalue weighted by molar-refractivity contribution is 5.91. The van der Waals surface area contributed by atoms with Crippen LogP contribution in [-0.2, 0) is 0 Å². The molecule has 8 nitrogen and oxygen atoms in total. The molecule has 6 N–H and O–H groups in total. The van der Waals surface area contributed by atoms with Gasteiger partial charge in [-0.2, -0.15) is 0 Å². The molecule has 0 fully saturated rings. The van der Waals surface area contributed by atoms with Crippen molar-refractivity contribution in [1.29, 1.82) is 0 Å². The number of pyridine rings is 1. The maximum absolute atomic E-state index is 5.90. The molecular formula is C17H23N6O2+. The second kappa shape index (κ2) is 9.24. The van der Waals surface area contributed by atoms with E-state index in [0.29, 0.717) is 36.2 Å². The molecule has 1 heterocycles. The van der Waals surface area contributed by atoms with Crippen LogP contribution in [0.5, 0.6) is 11.5 Å². The van der Waals surface area contributed by atoms with Crippen LogP contribution in [0.2, 0.25) is 0 Å². The molecular weight excluding hydrogens is 320 g/mol. The number of nitrogens with two attached hydrogens (primary N) is 3. The van der Waals surface area contributed by atoms with Gasteiger partial charge in [0.1, 0.15) is 17.2 Å². The van der Waals surface area contributed by atoms with Crippen molar-refractivity contribution in [3.63, 3.8) is 0 Å². The highest BCUT2D eigenvalue weighted by Crippen LogP contribution is 2.32. The largest absolute Gasteiger partial charge is 0.494 e. The van der Waals surface area contributed by atoms with Crippen LogP contribution < -0.4 is 26.3 Å². The van der Waals surface area contributed by atoms with Crippen LogP contribution in [0, 0.1) is 0 Å². The lowest BCUT2D eigenvalue weighted by Gasteiger charge is -2.09. The molecule has 25 heavy (non-hydrogen) atoms. The summed E-state index contributed by atoms with van der Waals surface area (Å²) in [5.41, 5.74) is 12.3. The summed E-state index contributed by atoms with van der Waals surface area (Å²) in [5.74, 6) is 2.17. The minimum absolute atomic E-state index is 0.0132. The highest BCUT2D eigenvalue weighted by Gasteiger charge is 2.07. The number of benzene rings is 1. The van der Waals surface area contributed by atoms with Crippen LogP contribution in [0.25, 0.3) is 0 Å². The summed E-state index contributed by atoms with van der Waals surface area (Å²) in [6.07, 6.45) is 1.67. The average Bonchev–Trinajstić information content (AvgIpc) is 2.58. The first-order valence-electron chi connectivity index (χ1n) is 7.96. The van der Waals surface area contributed by atoms with E-state index in [0.717, 1.165) is 0 Å². The molecule has 0 saturated carbocycles. The van der Waals surface area contributed by atoms with E-state index in [1.807, 2.05) is 38.1 Å². The van der Waals surface area contributed by atoms with E-state index in [9.17, 15) is 0 Å². The second-order valence-corrected chi connectivity index (χ2v) is 4.90. The van der Waals surface area contributed by atoms with E-state index in [1.54, 1.807) is 23.6 Å². The summed E-state index contributed by atoms with van der Waals surface area (Å²) in [5, 5.41) is 1.61. The van der Waals surface area contributed by atoms with Crippen molar-refractivity contribution in [3.8, 4) is 11.5 Å². The van der Waals surface area contributed by atoms with Crippen LogP contribution in [0.3, 0.4) is 0 Å². The van der Waals surface area contributed by atoms with Crippen molar-refractivity contribution in [2.75, 3.05) is 13.2 Å². The van der Waals surface area contributed by atoms with Gasteiger partial charge in [0.15, 0.2) is 0 Å². The number of aliphatic imine (C=N–C) groups is 2. The maximum atomic E-state index is 5.90. The summed E-state index contributed by atoms with van der Waals surface area (Å²) in [4.78, 5) is 12.5. The third-order valence-corrected chi connectivity index (χ3v) is 3.00. The fraction of sp³-hybridized carbons (Fsp3) is 0.235. The van der Waals surface area contributed by atoms with Crippen molar-refractivity contribution >= 4 is 23.4 Å². The van der Waals surface area contributed by atoms with E-state index in [2.05, 4.69) is 15.0 Å². The first kappa shape index (κ1) is 18.2. The number of ether oxygens (including phenoxy) is 2. The van der Waals surface area contributed by atoms with Gasteiger partial charge >= 0.3 is 5.96 Å². The van der Waals surface area contributed by atoms with Gasteiger partial charge in [-0.05, 0) is 32.0 Å². The topological polar surface area (TPSA) is 125 Å². The quantitative estimate of drug-likeness (QED) is 0.534. The van der Waals surface area contributed by atoms with Gasteiger partial charge in [-0.25, -0.2) is 15.3 Å². The summed E-state index contributed by atoms with van der Waals surface area (Å²) >= 11 is 0. The molecule has 8 heteroatoms. The summed E-state index contributed by atoms with van der Waals surface area (Å²) in [6.45, 7) is 4.86. The third-order valence-electron chi connectivity index (χ3n) is 3.00. The zero-order valence-corrected chi connectivity index (χ0v) is 14.3. The Balaban J connectivity index is 2.21. The van der Waals surface area contributed by atoms with E-state index in [4.69, 9.17) is 20.9 Å². The first-order chi connectivity index (χ1) is 12.1. The molecule has 0 aliphatic carbocycles. The molecule has 0 amide bonds. The Bertz CT molecular complexity index is 746. The van der Waals surface area contributed by atoms with Gasteiger partial charge in [-0.1, -0.05) is 6.07 Å². The fourth-order valence-corrected chi connectivity index (χ4v) is 2.04. The average molecular weight is 343 g/mol. The SMILES string of the molecule is CCOc1ccc(OCC)c(N=C(N)N=C(N)[NH2+]c2ccccn2)c1. The number of hydrogen-bond donors (Lipinski definition) is 3. The van der Waals surface area contributed by atoms with Crippen LogP contribution in [0.15, 0.2) is 52.6 Å². The lowest BCUT2D eigenvalue weighted by molar-refractivity contribution is -0.450. The van der Waals surface area contributed by atoms with Gasteiger partial charge in [0.05, 0.1) is 13.2 Å². The minimum atomic E-state index is 0.0132. The molecule has 0 saturated heterocycles. The first-order valence-corrected chi connectivity index (χ1v) is 7.96. The Kier molecular flexibility index (Phi) is 6.73. The minimum Gasteiger partial charge on any atom is -0.494 e. The number of rotatable bonds is 6. The van der Waals surface area contributed by atoms with Gasteiger partial charge in [0.25, 0.3) is 0 Å². The number of hydrogen-bond acceptors (Lipinski definition) is 4. The highest BCUT2D eigenvalue weighted by atomic mass is 16.5. The Morgan fingerprint density at radius 2 is 1.92 bits per heavy atom. The fourth-order valence-electron chi connectivity index (χ4n) is 2.04. The van der Waals surface area contributed by atoms with Crippen molar-refractivity contribution in [2.24, 2.45) is 21.5 Å². The molecule has 1 aromatic heterocycles. The number of guanidine groups is 2. The van der Waals surface area contributed by atoms with Crippen LogP contribution >= 0.6 is 0 Å². The normalized spacial score (nSPS) is 12.1. The number of quaternary nitrogens is 1. The molecule has 132 valence electrons. The van der Waals surface area contributed by atoms with Gasteiger partial charge in [-0.15, -0.1) is 4.99 Å². The molecule has 2 aromatic rings. The molecule has 0 unspecified atom stereocenters. The molecule has 1 aromatic carbocycles. The molecule has 0 spiro atoms. The summed E-state index contributed by atoms with van der Waals surface area (Å²) in [6, 6.07) is 10.8. The Morgan fingerprint density at radius 3 is 2.60 bits per heavy atom. The molecule has 0 aliphatic heterocycles. The van der Waals surface area contributed by atoms with E-state index >= 15 is 0 Å². The molecule has 0 radical (unpaired) electrons. The zero-order chi connectivity index (χ0) is 18.1. The lowest BCUT2D eigenvalue weighted by Crippen LogP contribution is -2.85. The molecule has 0 atom stereocenters. The molecule has 0 aliphatic rings. The van der Waals surface area contributed by atoms with Gasteiger partial charge < -0.3 is 20.9 Å². The van der Waals surface area contributed by atoms with Crippen molar-refractivity contribution in [2.45, 2.75) is 13.8 Å². The van der Waals surface area contributed by atoms with Gasteiger partial charge in [0.2, 0.25) is 11.8 Å². The van der Waals surface area contributed by atoms with E-state index in [-0.39, 0.29) is 11.9 Å². The van der Waals surface area contributed by atoms with Crippen molar-refractivity contribution in [1.82, 2.24) is 4.98 Å². The molecule has 2 rings (SSSR count). The van der Waals surface area contributed by atoms with Gasteiger partial charge in [0, 0.05) is 18.3 Å². The van der Waals surface area contributed by atoms with E-state index < -0.39 is 0 Å². The second-order valence-electron chi connectivity index (χ2n) is 4.90. The Labute approximate surface area is 146 Å². The number of nitrogens with zero attached hydrogens (tertiary/aromatic N) is 3. The predicted octanol–water partition coefficient (Wildman–Crippen LogP) is 1.04. The number of aromatic nitrogens is 1. The van der Waals surface area contributed by atoms with Gasteiger partial charge in [-0.3, -0.25) is 0 Å².